The van der Waals surface area contributed by atoms with Crippen LogP contribution in [0.15, 0.2) is 166 Å². The summed E-state index contributed by atoms with van der Waals surface area (Å²) in [7, 11) is 8.65. The summed E-state index contributed by atoms with van der Waals surface area (Å²) in [4.78, 5) is 109. The van der Waals surface area contributed by atoms with Crippen LogP contribution in [0.5, 0.6) is 34.5 Å². The highest BCUT2D eigenvalue weighted by atomic mass is 35.5. The van der Waals surface area contributed by atoms with Crippen LogP contribution in [0.1, 0.15) is 33.4 Å². The summed E-state index contributed by atoms with van der Waals surface area (Å²) in [5.74, 6) is 2.23. The average molecular weight is 1610 g/mol. The van der Waals surface area contributed by atoms with Crippen molar-refractivity contribution in [3.63, 3.8) is 0 Å². The first-order chi connectivity index (χ1) is 54.4. The minimum atomic E-state index is -2.87. The molecule has 6 aromatic carbocycles. The molecule has 588 valence electrons. The van der Waals surface area contributed by atoms with Gasteiger partial charge < -0.3 is 44.4 Å². The number of urea groups is 3. The highest BCUT2D eigenvalue weighted by molar-refractivity contribution is 6.42. The van der Waals surface area contributed by atoms with Crippen molar-refractivity contribution in [3.05, 3.63) is 214 Å². The number of hydrogen-bond acceptors (Lipinski definition) is 21. The number of methoxy groups -OCH3 is 6. The van der Waals surface area contributed by atoms with Crippen molar-refractivity contribution >= 4 is 140 Å². The molecule has 3 N–H and O–H groups in total. The summed E-state index contributed by atoms with van der Waals surface area (Å²) in [5.41, 5.74) is 6.05. The first-order valence-corrected chi connectivity index (χ1v) is 35.3. The molecule has 0 saturated heterocycles. The maximum absolute atomic E-state index is 13.7. The Morgan fingerprint density at radius 1 is 0.469 bits per heavy atom. The number of amides is 6. The van der Waals surface area contributed by atoms with Crippen molar-refractivity contribution in [2.45, 2.75) is 51.7 Å². The van der Waals surface area contributed by atoms with Gasteiger partial charge >= 0.3 is 18.1 Å². The molecular weight excluding hydrogens is 1540 g/mol. The van der Waals surface area contributed by atoms with E-state index in [4.69, 9.17) is 63.2 Å². The summed E-state index contributed by atoms with van der Waals surface area (Å²) in [6, 6.07) is 28.9. The molecule has 3 aliphatic rings. The predicted octanol–water partition coefficient (Wildman–Crippen LogP) is 15.9. The first-order valence-electron chi connectivity index (χ1n) is 34.1. The molecule has 113 heavy (non-hydrogen) atoms. The van der Waals surface area contributed by atoms with Crippen LogP contribution < -0.4 is 73.8 Å². The fourth-order valence-electron chi connectivity index (χ4n) is 11.9. The molecule has 6 heterocycles. The molecule has 35 heteroatoms. The van der Waals surface area contributed by atoms with E-state index in [-0.39, 0.29) is 136 Å². The molecule has 3 aromatic heterocycles. The van der Waals surface area contributed by atoms with Gasteiger partial charge in [-0.2, -0.15) is 15.0 Å². The Labute approximate surface area is 660 Å². The van der Waals surface area contributed by atoms with Gasteiger partial charge in [0.25, 0.3) is 12.9 Å². The quantitative estimate of drug-likeness (QED) is 0.0278. The number of benzene rings is 6. The molecule has 3 aliphatic heterocycles. The highest BCUT2D eigenvalue weighted by Gasteiger charge is 2.40. The first kappa shape index (κ1) is 82.8. The van der Waals surface area contributed by atoms with Gasteiger partial charge in [0.15, 0.2) is 17.3 Å². The van der Waals surface area contributed by atoms with Crippen LogP contribution in [0.3, 0.4) is 0 Å². The topological polar surface area (TPSA) is 291 Å². The second-order valence-electron chi connectivity index (χ2n) is 24.5. The number of rotatable bonds is 30. The number of fused-ring (bicyclic) bond motifs is 3. The number of para-hydroxylation sites is 3. The Hall–Kier alpha value is -12.7. The van der Waals surface area contributed by atoms with E-state index in [0.29, 0.717) is 73.6 Å². The lowest BCUT2D eigenvalue weighted by Gasteiger charge is -2.37. The number of aromatic nitrogens is 6. The lowest BCUT2D eigenvalue weighted by atomic mass is 10.1. The third kappa shape index (κ3) is 19.4. The number of ether oxygens (including phenoxy) is 6. The molecule has 0 spiro atoms. The fourth-order valence-corrected chi connectivity index (χ4v) is 12.9. The van der Waals surface area contributed by atoms with Crippen LogP contribution in [0.25, 0.3) is 0 Å². The van der Waals surface area contributed by atoms with Crippen molar-refractivity contribution in [2.24, 2.45) is 0 Å². The molecule has 6 amide bonds. The predicted molar refractivity (Wildman–Crippen MR) is 420 cm³/mol. The summed E-state index contributed by atoms with van der Waals surface area (Å²) in [6.45, 7) is 7.75. The number of anilines is 12. The van der Waals surface area contributed by atoms with E-state index in [1.54, 1.807) is 85.1 Å². The number of carbonyl (C=O) groups is 6. The Kier molecular flexibility index (Phi) is 27.7. The summed E-state index contributed by atoms with van der Waals surface area (Å²) < 4.78 is 99.9. The van der Waals surface area contributed by atoms with Crippen molar-refractivity contribution in [1.29, 1.82) is 0 Å². The van der Waals surface area contributed by atoms with E-state index in [1.165, 1.54) is 100 Å². The van der Waals surface area contributed by atoms with E-state index in [1.807, 2.05) is 18.2 Å². The molecule has 12 rings (SSSR count). The van der Waals surface area contributed by atoms with E-state index >= 15 is 0 Å². The smallest absolute Gasteiger partial charge is 0.330 e. The SMILES string of the molecule is C=CC(=O)Cc1ccccc1Nc1ncc2c(n1)N(CC(F)F)C(=O)N(c1c(Cl)c(OC)cc(OC)c1Cl)C2.C=CC(=O)Cc1ccccc1Nc1ncc2c(n1)N(CC(F)F)C(=O)N(c1cc(OC)cc(OC)c1Cl)C2.C=CC(=O)Cc1ccccc1Nc1ncc2c(n1)N(CCF)C(=O)N(c1cc(OC)cc(OC)c1)C2. The lowest BCUT2D eigenvalue weighted by Crippen LogP contribution is -2.50. The van der Waals surface area contributed by atoms with Crippen molar-refractivity contribution in [1.82, 2.24) is 29.9 Å². The number of carbonyl (C=O) groups excluding carboxylic acids is 6. The van der Waals surface area contributed by atoms with Gasteiger partial charge in [0, 0.05) is 108 Å². The van der Waals surface area contributed by atoms with Crippen molar-refractivity contribution in [3.8, 4) is 34.5 Å². The standard InChI is InChI=1S/C26H23Cl2F2N5O4.C26H24ClF2N5O4.C26H26FN5O4/c1-4-16(36)9-14-7-5-6-8-17(14)32-25-31-11-15-12-34(26(37)35(13-20(29)30)24(15)33-25)23-21(27)18(38-2)10-19(39-3)22(23)28;1-4-17(35)9-15-7-5-6-8-19(15)31-25-30-12-16-13-33(26(36)34(14-22(28)29)24(16)32-25)20-10-18(37-2)11-21(38-3)23(20)27;1-4-20(33)11-17-7-5-6-8-23(17)29-25-28-15-18-16-32(26(34)31(10-9-27)24(18)30-25)19-12-21(35-2)14-22(13-19)36-3/h4-8,10-11,20H,1,9,12-13H2,2-3H3,(H,31,32,33);4-8,10-12,22H,1,9,13-14H2,2-3H3,(H,30,31,32);4-8,12-15H,1,9-11,16H2,2-3H3,(H,28,29,30). The van der Waals surface area contributed by atoms with E-state index in [0.717, 1.165) is 20.3 Å². The van der Waals surface area contributed by atoms with Gasteiger partial charge in [-0.3, -0.25) is 43.8 Å². The zero-order chi connectivity index (χ0) is 81.3. The Morgan fingerprint density at radius 2 is 0.823 bits per heavy atom. The number of ketones is 3. The molecule has 27 nitrogen and oxygen atoms in total. The van der Waals surface area contributed by atoms with Crippen LogP contribution >= 0.6 is 34.8 Å². The summed E-state index contributed by atoms with van der Waals surface area (Å²) in [6.07, 6.45) is 2.86. The fraction of sp³-hybridized carbons (Fsp3) is 0.231. The second kappa shape index (κ2) is 37.8. The van der Waals surface area contributed by atoms with Gasteiger partial charge in [0.05, 0.1) is 99.0 Å². The lowest BCUT2D eigenvalue weighted by molar-refractivity contribution is -0.114. The molecular formula is C78H73Cl3F5N15O12. The zero-order valence-corrected chi connectivity index (χ0v) is 63.8. The summed E-state index contributed by atoms with van der Waals surface area (Å²) in [5, 5.41) is 9.27. The second-order valence-corrected chi connectivity index (χ2v) is 25.6. The van der Waals surface area contributed by atoms with Crippen LogP contribution in [0.4, 0.5) is 106 Å². The van der Waals surface area contributed by atoms with Gasteiger partial charge in [0.2, 0.25) is 17.8 Å². The van der Waals surface area contributed by atoms with Crippen molar-refractivity contribution < 1.29 is 79.1 Å². The van der Waals surface area contributed by atoms with E-state index < -0.39 is 50.7 Å². The molecule has 0 bridgehead atoms. The Morgan fingerprint density at radius 3 is 1.20 bits per heavy atom. The molecule has 0 aliphatic carbocycles. The summed E-state index contributed by atoms with van der Waals surface area (Å²) >= 11 is 19.5. The largest absolute Gasteiger partial charge is 0.497 e. The number of allylic oxidation sites excluding steroid dienone is 3. The molecule has 0 saturated carbocycles. The maximum Gasteiger partial charge on any atom is 0.330 e. The number of alkyl halides is 5. The van der Waals surface area contributed by atoms with Gasteiger partial charge in [-0.25, -0.2) is 51.3 Å². The molecule has 0 fully saturated rings. The van der Waals surface area contributed by atoms with Crippen LogP contribution in [0, 0.1) is 0 Å². The van der Waals surface area contributed by atoms with Gasteiger partial charge in [0.1, 0.15) is 73.7 Å². The maximum atomic E-state index is 13.7. The van der Waals surface area contributed by atoms with Crippen molar-refractivity contribution in [2.75, 3.05) is 114 Å². The molecule has 0 unspecified atom stereocenters. The van der Waals surface area contributed by atoms with Crippen LogP contribution in [-0.4, -0.2) is 147 Å². The zero-order valence-electron chi connectivity index (χ0n) is 61.5. The Balaban J connectivity index is 0.000000180. The van der Waals surface area contributed by atoms with E-state index in [9.17, 15) is 50.7 Å². The monoisotopic (exact) mass is 1610 g/mol. The van der Waals surface area contributed by atoms with Crippen LogP contribution in [-0.2, 0) is 53.3 Å². The van der Waals surface area contributed by atoms with Gasteiger partial charge in [-0.05, 0) is 53.1 Å². The number of halogens is 8. The third-order valence-electron chi connectivity index (χ3n) is 17.4. The Bertz CT molecular complexity index is 5060. The van der Waals surface area contributed by atoms with Crippen LogP contribution in [0.2, 0.25) is 15.1 Å². The highest BCUT2D eigenvalue weighted by Crippen LogP contribution is 2.49. The normalized spacial score (nSPS) is 12.8. The number of nitrogens with one attached hydrogen (secondary N) is 3. The van der Waals surface area contributed by atoms with Gasteiger partial charge in [-0.15, -0.1) is 0 Å². The average Bonchev–Trinajstić information content (AvgIpc) is 0.767. The number of hydrogen-bond donors (Lipinski definition) is 3. The molecule has 0 atom stereocenters. The third-order valence-corrected chi connectivity index (χ3v) is 18.5. The molecule has 0 radical (unpaired) electrons. The number of nitrogens with zero attached hydrogens (tertiary/aromatic N) is 12. The van der Waals surface area contributed by atoms with Gasteiger partial charge in [-0.1, -0.05) is 109 Å². The van der Waals surface area contributed by atoms with E-state index in [2.05, 4.69) is 65.6 Å². The molecule has 9 aromatic rings. The minimum absolute atomic E-state index is 0.00183. The minimum Gasteiger partial charge on any atom is -0.497 e.